The Morgan fingerprint density at radius 3 is 2.63 bits per heavy atom. The summed E-state index contributed by atoms with van der Waals surface area (Å²) in [7, 11) is 0. The van der Waals surface area contributed by atoms with Gasteiger partial charge >= 0.3 is 0 Å². The summed E-state index contributed by atoms with van der Waals surface area (Å²) >= 11 is 1.70. The second kappa shape index (κ2) is 5.97. The molecule has 2 rings (SSSR count). The molecule has 1 fully saturated rings. The molecule has 1 heterocycles. The fourth-order valence-electron chi connectivity index (χ4n) is 2.55. The highest BCUT2D eigenvalue weighted by Gasteiger charge is 2.36. The quantitative estimate of drug-likeness (QED) is 0.835. The van der Waals surface area contributed by atoms with Crippen molar-refractivity contribution in [1.29, 1.82) is 0 Å². The normalized spacial score (nSPS) is 21.9. The maximum Gasteiger partial charge on any atom is 0.242 e. The lowest BCUT2D eigenvalue weighted by Crippen LogP contribution is -2.53. The van der Waals surface area contributed by atoms with Gasteiger partial charge in [0, 0.05) is 10.6 Å². The van der Waals surface area contributed by atoms with Gasteiger partial charge in [0.1, 0.15) is 0 Å². The summed E-state index contributed by atoms with van der Waals surface area (Å²) in [6.45, 7) is 5.23. The SMILES string of the molecule is CSc1ccc(NC(=O)C2NCCCC2(C)C)cc1. The maximum atomic E-state index is 12.4. The van der Waals surface area contributed by atoms with E-state index in [0.717, 1.165) is 25.1 Å². The smallest absolute Gasteiger partial charge is 0.242 e. The first-order chi connectivity index (χ1) is 9.03. The van der Waals surface area contributed by atoms with Gasteiger partial charge in [-0.05, 0) is 55.3 Å². The number of benzene rings is 1. The van der Waals surface area contributed by atoms with Crippen LogP contribution >= 0.6 is 11.8 Å². The Morgan fingerprint density at radius 1 is 1.37 bits per heavy atom. The van der Waals surface area contributed by atoms with E-state index in [0.29, 0.717) is 0 Å². The Bertz CT molecular complexity index is 442. The summed E-state index contributed by atoms with van der Waals surface area (Å²) in [6.07, 6.45) is 4.27. The molecule has 1 atom stereocenters. The van der Waals surface area contributed by atoms with E-state index in [9.17, 15) is 4.79 Å². The van der Waals surface area contributed by atoms with Gasteiger partial charge in [0.05, 0.1) is 6.04 Å². The number of rotatable bonds is 3. The molecule has 1 saturated heterocycles. The number of hydrogen-bond acceptors (Lipinski definition) is 3. The van der Waals surface area contributed by atoms with E-state index in [4.69, 9.17) is 0 Å². The minimum Gasteiger partial charge on any atom is -0.325 e. The van der Waals surface area contributed by atoms with Crippen LogP contribution in [0.25, 0.3) is 0 Å². The van der Waals surface area contributed by atoms with Gasteiger partial charge in [-0.2, -0.15) is 0 Å². The third-order valence-electron chi connectivity index (χ3n) is 3.75. The van der Waals surface area contributed by atoms with Gasteiger partial charge in [-0.25, -0.2) is 0 Å². The molecule has 0 radical (unpaired) electrons. The maximum absolute atomic E-state index is 12.4. The van der Waals surface area contributed by atoms with E-state index in [-0.39, 0.29) is 17.4 Å². The Morgan fingerprint density at radius 2 is 2.05 bits per heavy atom. The van der Waals surface area contributed by atoms with E-state index in [1.165, 1.54) is 4.90 Å². The van der Waals surface area contributed by atoms with Crippen LogP contribution in [-0.2, 0) is 4.79 Å². The first-order valence-corrected chi connectivity index (χ1v) is 7.94. The predicted octanol–water partition coefficient (Wildman–Crippen LogP) is 3.13. The van der Waals surface area contributed by atoms with Crippen LogP contribution in [-0.4, -0.2) is 24.7 Å². The van der Waals surface area contributed by atoms with Crippen molar-refractivity contribution in [1.82, 2.24) is 5.32 Å². The Kier molecular flexibility index (Phi) is 4.53. The van der Waals surface area contributed by atoms with Gasteiger partial charge < -0.3 is 10.6 Å². The predicted molar refractivity (Wildman–Crippen MR) is 81.7 cm³/mol. The molecule has 1 aliphatic heterocycles. The van der Waals surface area contributed by atoms with E-state index in [1.807, 2.05) is 30.5 Å². The van der Waals surface area contributed by atoms with Crippen LogP contribution in [0.1, 0.15) is 26.7 Å². The van der Waals surface area contributed by atoms with Crippen LogP contribution in [0.2, 0.25) is 0 Å². The zero-order valence-corrected chi connectivity index (χ0v) is 12.6. The van der Waals surface area contributed by atoms with Crippen molar-refractivity contribution >= 4 is 23.4 Å². The monoisotopic (exact) mass is 278 g/mol. The molecular weight excluding hydrogens is 256 g/mol. The Balaban J connectivity index is 2.03. The second-order valence-electron chi connectivity index (χ2n) is 5.70. The van der Waals surface area contributed by atoms with E-state index < -0.39 is 0 Å². The van der Waals surface area contributed by atoms with E-state index in [1.54, 1.807) is 11.8 Å². The molecule has 1 aromatic carbocycles. The fourth-order valence-corrected chi connectivity index (χ4v) is 2.96. The molecule has 104 valence electrons. The number of amides is 1. The molecule has 1 unspecified atom stereocenters. The van der Waals surface area contributed by atoms with Crippen molar-refractivity contribution in [3.05, 3.63) is 24.3 Å². The molecule has 0 bridgehead atoms. The number of carbonyl (C=O) groups excluding carboxylic acids is 1. The molecule has 0 spiro atoms. The summed E-state index contributed by atoms with van der Waals surface area (Å²) in [4.78, 5) is 13.6. The molecule has 4 heteroatoms. The van der Waals surface area contributed by atoms with E-state index >= 15 is 0 Å². The average Bonchev–Trinajstić information content (AvgIpc) is 2.39. The highest BCUT2D eigenvalue weighted by atomic mass is 32.2. The number of nitrogens with one attached hydrogen (secondary N) is 2. The van der Waals surface area contributed by atoms with Crippen LogP contribution in [0.4, 0.5) is 5.69 Å². The van der Waals surface area contributed by atoms with E-state index in [2.05, 4.69) is 24.5 Å². The highest BCUT2D eigenvalue weighted by molar-refractivity contribution is 7.98. The van der Waals surface area contributed by atoms with Crippen LogP contribution < -0.4 is 10.6 Å². The van der Waals surface area contributed by atoms with Crippen LogP contribution in [0.3, 0.4) is 0 Å². The molecule has 1 amide bonds. The van der Waals surface area contributed by atoms with Gasteiger partial charge in [-0.1, -0.05) is 13.8 Å². The zero-order chi connectivity index (χ0) is 13.9. The lowest BCUT2D eigenvalue weighted by molar-refractivity contribution is -0.121. The first-order valence-electron chi connectivity index (χ1n) is 6.71. The number of thioether (sulfide) groups is 1. The second-order valence-corrected chi connectivity index (χ2v) is 6.58. The van der Waals surface area contributed by atoms with Gasteiger partial charge in [0.15, 0.2) is 0 Å². The third kappa shape index (κ3) is 3.51. The van der Waals surface area contributed by atoms with Crippen LogP contribution in [0, 0.1) is 5.41 Å². The van der Waals surface area contributed by atoms with Crippen molar-refractivity contribution in [3.8, 4) is 0 Å². The number of piperidine rings is 1. The third-order valence-corrected chi connectivity index (χ3v) is 4.49. The molecule has 0 aromatic heterocycles. The summed E-state index contributed by atoms with van der Waals surface area (Å²) in [6, 6.07) is 7.86. The number of hydrogen-bond donors (Lipinski definition) is 2. The van der Waals surface area contributed by atoms with Crippen molar-refractivity contribution in [2.24, 2.45) is 5.41 Å². The molecule has 0 saturated carbocycles. The van der Waals surface area contributed by atoms with Crippen molar-refractivity contribution in [2.45, 2.75) is 37.6 Å². The molecule has 19 heavy (non-hydrogen) atoms. The molecule has 1 aliphatic rings. The topological polar surface area (TPSA) is 41.1 Å². The highest BCUT2D eigenvalue weighted by Crippen LogP contribution is 2.30. The minimum absolute atomic E-state index is 0.0154. The number of carbonyl (C=O) groups is 1. The van der Waals surface area contributed by atoms with Crippen LogP contribution in [0.15, 0.2) is 29.2 Å². The fraction of sp³-hybridized carbons (Fsp3) is 0.533. The standard InChI is InChI=1S/C15H22N2OS/c1-15(2)9-4-10-16-13(15)14(18)17-11-5-7-12(19-3)8-6-11/h5-8,13,16H,4,9-10H2,1-3H3,(H,17,18). The largest absolute Gasteiger partial charge is 0.325 e. The molecular formula is C15H22N2OS. The lowest BCUT2D eigenvalue weighted by atomic mass is 9.77. The molecule has 1 aromatic rings. The summed E-state index contributed by atoms with van der Waals surface area (Å²) in [5.74, 6) is 0.0709. The Hall–Kier alpha value is -1.00. The summed E-state index contributed by atoms with van der Waals surface area (Å²) < 4.78 is 0. The van der Waals surface area contributed by atoms with Gasteiger partial charge in [0.2, 0.25) is 5.91 Å². The van der Waals surface area contributed by atoms with Gasteiger partial charge in [-0.3, -0.25) is 4.79 Å². The first kappa shape index (κ1) is 14.4. The minimum atomic E-state index is -0.110. The van der Waals surface area contributed by atoms with Crippen molar-refractivity contribution < 1.29 is 4.79 Å². The summed E-state index contributed by atoms with van der Waals surface area (Å²) in [5, 5.41) is 6.34. The van der Waals surface area contributed by atoms with Gasteiger partial charge in [-0.15, -0.1) is 11.8 Å². The van der Waals surface area contributed by atoms with Crippen LogP contribution in [0.5, 0.6) is 0 Å². The van der Waals surface area contributed by atoms with Crippen molar-refractivity contribution in [2.75, 3.05) is 18.1 Å². The van der Waals surface area contributed by atoms with Crippen molar-refractivity contribution in [3.63, 3.8) is 0 Å². The average molecular weight is 278 g/mol. The lowest BCUT2D eigenvalue weighted by Gasteiger charge is -2.38. The van der Waals surface area contributed by atoms with Gasteiger partial charge in [0.25, 0.3) is 0 Å². The zero-order valence-electron chi connectivity index (χ0n) is 11.8. The molecule has 3 nitrogen and oxygen atoms in total. The molecule has 0 aliphatic carbocycles. The number of anilines is 1. The Labute approximate surface area is 119 Å². The summed E-state index contributed by atoms with van der Waals surface area (Å²) in [5.41, 5.74) is 0.882. The molecule has 2 N–H and O–H groups in total.